The first kappa shape index (κ1) is 14.3. The molecule has 3 nitrogen and oxygen atoms in total. The Kier molecular flexibility index (Phi) is 6.97. The van der Waals surface area contributed by atoms with Crippen LogP contribution in [0.1, 0.15) is 38.7 Å². The predicted octanol–water partition coefficient (Wildman–Crippen LogP) is 2.99. The van der Waals surface area contributed by atoms with Gasteiger partial charge in [0, 0.05) is 19.6 Å². The van der Waals surface area contributed by atoms with Crippen LogP contribution in [0.15, 0.2) is 16.5 Å². The van der Waals surface area contributed by atoms with Crippen molar-refractivity contribution in [2.45, 2.75) is 40.2 Å². The highest BCUT2D eigenvalue weighted by Crippen LogP contribution is 2.07. The second-order valence-electron chi connectivity index (χ2n) is 4.72. The smallest absolute Gasteiger partial charge is 0.117 e. The Balaban J connectivity index is 1.97. The predicted molar refractivity (Wildman–Crippen MR) is 70.1 cm³/mol. The van der Waals surface area contributed by atoms with Gasteiger partial charge < -0.3 is 14.5 Å². The molecule has 0 atom stereocenters. The molecule has 1 aromatic heterocycles. The molecule has 3 heteroatoms. The molecule has 0 radical (unpaired) electrons. The first-order valence-electron chi connectivity index (χ1n) is 6.58. The van der Waals surface area contributed by atoms with Crippen molar-refractivity contribution in [3.8, 4) is 0 Å². The lowest BCUT2D eigenvalue weighted by Gasteiger charge is -2.06. The van der Waals surface area contributed by atoms with Gasteiger partial charge in [0.05, 0.1) is 6.54 Å². The van der Waals surface area contributed by atoms with Crippen LogP contribution in [0.5, 0.6) is 0 Å². The minimum atomic E-state index is 0.624. The van der Waals surface area contributed by atoms with Crippen LogP contribution in [-0.4, -0.2) is 19.8 Å². The molecule has 0 unspecified atom stereocenters. The Morgan fingerprint density at radius 2 is 2.06 bits per heavy atom. The molecule has 0 aromatic carbocycles. The van der Waals surface area contributed by atoms with Gasteiger partial charge in [0.2, 0.25) is 0 Å². The van der Waals surface area contributed by atoms with E-state index in [0.29, 0.717) is 5.92 Å². The molecule has 0 saturated heterocycles. The summed E-state index contributed by atoms with van der Waals surface area (Å²) in [5.74, 6) is 2.70. The van der Waals surface area contributed by atoms with Crippen molar-refractivity contribution >= 4 is 0 Å². The van der Waals surface area contributed by atoms with Crippen molar-refractivity contribution in [3.05, 3.63) is 23.7 Å². The number of ether oxygens (including phenoxy) is 1. The van der Waals surface area contributed by atoms with Crippen molar-refractivity contribution in [2.24, 2.45) is 5.92 Å². The third-order valence-electron chi connectivity index (χ3n) is 2.46. The molecular weight excluding hydrogens is 214 g/mol. The summed E-state index contributed by atoms with van der Waals surface area (Å²) in [5, 5.41) is 3.35. The number of furan rings is 1. The average Bonchev–Trinajstić information content (AvgIpc) is 2.75. The zero-order valence-corrected chi connectivity index (χ0v) is 11.3. The summed E-state index contributed by atoms with van der Waals surface area (Å²) in [5.41, 5.74) is 0. The number of hydrogen-bond donors (Lipinski definition) is 1. The van der Waals surface area contributed by atoms with Gasteiger partial charge in [-0.1, -0.05) is 20.8 Å². The fourth-order valence-corrected chi connectivity index (χ4v) is 1.54. The maximum absolute atomic E-state index is 5.60. The molecule has 1 heterocycles. The van der Waals surface area contributed by atoms with Gasteiger partial charge in [0.15, 0.2) is 0 Å². The molecule has 17 heavy (non-hydrogen) atoms. The normalized spacial score (nSPS) is 11.3. The molecule has 1 rings (SSSR count). The van der Waals surface area contributed by atoms with E-state index < -0.39 is 0 Å². The highest BCUT2D eigenvalue weighted by molar-refractivity contribution is 5.06. The van der Waals surface area contributed by atoms with E-state index in [-0.39, 0.29) is 0 Å². The molecule has 1 aromatic rings. The van der Waals surface area contributed by atoms with E-state index in [1.165, 1.54) is 0 Å². The number of rotatable bonds is 9. The number of hydrogen-bond acceptors (Lipinski definition) is 3. The molecule has 0 amide bonds. The van der Waals surface area contributed by atoms with Crippen LogP contribution in [0.25, 0.3) is 0 Å². The molecule has 0 spiro atoms. The summed E-state index contributed by atoms with van der Waals surface area (Å²) in [6.45, 7) is 9.91. The zero-order valence-electron chi connectivity index (χ0n) is 11.3. The first-order chi connectivity index (χ1) is 8.22. The fourth-order valence-electron chi connectivity index (χ4n) is 1.54. The summed E-state index contributed by atoms with van der Waals surface area (Å²) in [7, 11) is 0. The van der Waals surface area contributed by atoms with Crippen molar-refractivity contribution < 1.29 is 9.15 Å². The lowest BCUT2D eigenvalue weighted by atomic mass is 10.2. The van der Waals surface area contributed by atoms with E-state index in [2.05, 4.69) is 26.1 Å². The largest absolute Gasteiger partial charge is 0.465 e. The topological polar surface area (TPSA) is 34.4 Å². The summed E-state index contributed by atoms with van der Waals surface area (Å²) in [6.07, 6.45) is 2.01. The summed E-state index contributed by atoms with van der Waals surface area (Å²) in [6, 6.07) is 4.09. The van der Waals surface area contributed by atoms with Gasteiger partial charge in [-0.2, -0.15) is 0 Å². The molecule has 98 valence electrons. The monoisotopic (exact) mass is 239 g/mol. The van der Waals surface area contributed by atoms with Crippen LogP contribution in [0.3, 0.4) is 0 Å². The second kappa shape index (κ2) is 8.31. The van der Waals surface area contributed by atoms with Crippen molar-refractivity contribution in [3.63, 3.8) is 0 Å². The molecule has 0 aliphatic heterocycles. The molecule has 0 aliphatic rings. The molecule has 0 aliphatic carbocycles. The molecule has 0 bridgehead atoms. The lowest BCUT2D eigenvalue weighted by molar-refractivity contribution is 0.108. The third kappa shape index (κ3) is 6.49. The van der Waals surface area contributed by atoms with E-state index in [0.717, 1.165) is 50.7 Å². The Hall–Kier alpha value is -0.800. The van der Waals surface area contributed by atoms with Gasteiger partial charge >= 0.3 is 0 Å². The first-order valence-corrected chi connectivity index (χ1v) is 6.58. The van der Waals surface area contributed by atoms with Crippen LogP contribution in [0.4, 0.5) is 0 Å². The standard InChI is InChI=1S/C14H25NO2/c1-4-13-6-7-14(17-13)10-15-8-5-9-16-11-12(2)3/h6-7,12,15H,4-5,8-11H2,1-3H3. The van der Waals surface area contributed by atoms with Gasteiger partial charge in [0.1, 0.15) is 11.5 Å². The fraction of sp³-hybridized carbons (Fsp3) is 0.714. The van der Waals surface area contributed by atoms with E-state index in [4.69, 9.17) is 9.15 Å². The third-order valence-corrected chi connectivity index (χ3v) is 2.46. The van der Waals surface area contributed by atoms with Gasteiger partial charge in [0.25, 0.3) is 0 Å². The highest BCUT2D eigenvalue weighted by Gasteiger charge is 1.99. The van der Waals surface area contributed by atoms with Crippen LogP contribution >= 0.6 is 0 Å². The van der Waals surface area contributed by atoms with Crippen molar-refractivity contribution in [1.82, 2.24) is 5.32 Å². The summed E-state index contributed by atoms with van der Waals surface area (Å²) in [4.78, 5) is 0. The molecule has 0 fully saturated rings. The number of aryl methyl sites for hydroxylation is 1. The van der Waals surface area contributed by atoms with E-state index in [9.17, 15) is 0 Å². The summed E-state index contributed by atoms with van der Waals surface area (Å²) >= 11 is 0. The maximum atomic E-state index is 5.60. The van der Waals surface area contributed by atoms with Crippen LogP contribution < -0.4 is 5.32 Å². The average molecular weight is 239 g/mol. The summed E-state index contributed by atoms with van der Waals surface area (Å²) < 4.78 is 11.1. The van der Waals surface area contributed by atoms with Crippen molar-refractivity contribution in [2.75, 3.05) is 19.8 Å². The van der Waals surface area contributed by atoms with Crippen LogP contribution in [0, 0.1) is 5.92 Å². The minimum Gasteiger partial charge on any atom is -0.465 e. The van der Waals surface area contributed by atoms with Gasteiger partial charge in [-0.3, -0.25) is 0 Å². The van der Waals surface area contributed by atoms with Crippen molar-refractivity contribution in [1.29, 1.82) is 0 Å². The van der Waals surface area contributed by atoms with Crippen LogP contribution in [-0.2, 0) is 17.7 Å². The van der Waals surface area contributed by atoms with Crippen LogP contribution in [0.2, 0.25) is 0 Å². The Morgan fingerprint density at radius 1 is 1.29 bits per heavy atom. The molecule has 0 saturated carbocycles. The maximum Gasteiger partial charge on any atom is 0.117 e. The van der Waals surface area contributed by atoms with E-state index >= 15 is 0 Å². The Labute approximate surface area is 105 Å². The molecule has 1 N–H and O–H groups in total. The Bertz CT molecular complexity index is 294. The number of nitrogens with one attached hydrogen (secondary N) is 1. The minimum absolute atomic E-state index is 0.624. The highest BCUT2D eigenvalue weighted by atomic mass is 16.5. The van der Waals surface area contributed by atoms with Gasteiger partial charge in [-0.25, -0.2) is 0 Å². The van der Waals surface area contributed by atoms with E-state index in [1.807, 2.05) is 12.1 Å². The Morgan fingerprint density at radius 3 is 2.71 bits per heavy atom. The van der Waals surface area contributed by atoms with Gasteiger partial charge in [-0.15, -0.1) is 0 Å². The van der Waals surface area contributed by atoms with Gasteiger partial charge in [-0.05, 0) is 31.0 Å². The quantitative estimate of drug-likeness (QED) is 0.673. The molecular formula is C14H25NO2. The second-order valence-corrected chi connectivity index (χ2v) is 4.72. The SMILES string of the molecule is CCc1ccc(CNCCCOCC(C)C)o1. The zero-order chi connectivity index (χ0) is 12.5. The lowest BCUT2D eigenvalue weighted by Crippen LogP contribution is -2.16. The van der Waals surface area contributed by atoms with E-state index in [1.54, 1.807) is 0 Å².